The summed E-state index contributed by atoms with van der Waals surface area (Å²) in [5.41, 5.74) is 6.50. The molecule has 0 aromatic heterocycles. The summed E-state index contributed by atoms with van der Waals surface area (Å²) in [6.45, 7) is 5.41. The molecule has 25 heavy (non-hydrogen) atoms. The summed E-state index contributed by atoms with van der Waals surface area (Å²) < 4.78 is 27.8. The highest BCUT2D eigenvalue weighted by molar-refractivity contribution is 7.89. The minimum absolute atomic E-state index is 0.0921. The van der Waals surface area contributed by atoms with E-state index in [0.717, 1.165) is 0 Å². The van der Waals surface area contributed by atoms with E-state index in [0.29, 0.717) is 16.8 Å². The van der Waals surface area contributed by atoms with Crippen LogP contribution in [0.4, 0.5) is 5.69 Å². The van der Waals surface area contributed by atoms with E-state index in [2.05, 4.69) is 10.0 Å². The zero-order chi connectivity index (χ0) is 18.7. The summed E-state index contributed by atoms with van der Waals surface area (Å²) in [7, 11) is -3.69. The number of nitrogens with two attached hydrogens (primary N) is 1. The molecular formula is C18H23N3O3S. The van der Waals surface area contributed by atoms with Crippen molar-refractivity contribution < 1.29 is 13.2 Å². The van der Waals surface area contributed by atoms with Crippen molar-refractivity contribution in [3.8, 4) is 0 Å². The predicted octanol–water partition coefficient (Wildman–Crippen LogP) is 2.28. The van der Waals surface area contributed by atoms with Gasteiger partial charge in [-0.1, -0.05) is 24.3 Å². The van der Waals surface area contributed by atoms with Crippen molar-refractivity contribution in [3.63, 3.8) is 0 Å². The Morgan fingerprint density at radius 2 is 1.76 bits per heavy atom. The second-order valence-electron chi connectivity index (χ2n) is 6.77. The van der Waals surface area contributed by atoms with Crippen molar-refractivity contribution in [1.29, 1.82) is 0 Å². The molecule has 0 heterocycles. The average molecular weight is 361 g/mol. The first-order valence-electron chi connectivity index (χ1n) is 7.84. The van der Waals surface area contributed by atoms with Gasteiger partial charge in [0.1, 0.15) is 0 Å². The molecule has 0 atom stereocenters. The summed E-state index contributed by atoms with van der Waals surface area (Å²) >= 11 is 0. The highest BCUT2D eigenvalue weighted by Crippen LogP contribution is 2.18. The minimum atomic E-state index is -3.69. The van der Waals surface area contributed by atoms with Crippen molar-refractivity contribution in [2.45, 2.75) is 37.8 Å². The Kier molecular flexibility index (Phi) is 5.49. The van der Waals surface area contributed by atoms with Gasteiger partial charge in [0, 0.05) is 23.3 Å². The van der Waals surface area contributed by atoms with Crippen LogP contribution in [-0.2, 0) is 16.6 Å². The van der Waals surface area contributed by atoms with E-state index in [1.54, 1.807) is 63.2 Å². The molecule has 0 fully saturated rings. The van der Waals surface area contributed by atoms with Crippen molar-refractivity contribution in [3.05, 3.63) is 59.7 Å². The van der Waals surface area contributed by atoms with Crippen LogP contribution in [0, 0.1) is 0 Å². The molecule has 2 aromatic rings. The van der Waals surface area contributed by atoms with Gasteiger partial charge in [0.2, 0.25) is 10.0 Å². The van der Waals surface area contributed by atoms with Crippen molar-refractivity contribution in [2.24, 2.45) is 0 Å². The Morgan fingerprint density at radius 1 is 1.08 bits per heavy atom. The molecular weight excluding hydrogens is 338 g/mol. The third-order valence-corrected chi connectivity index (χ3v) is 5.15. The zero-order valence-corrected chi connectivity index (χ0v) is 15.4. The molecule has 2 rings (SSSR count). The van der Waals surface area contributed by atoms with E-state index in [-0.39, 0.29) is 17.3 Å². The molecule has 7 heteroatoms. The van der Waals surface area contributed by atoms with Crippen LogP contribution < -0.4 is 15.8 Å². The van der Waals surface area contributed by atoms with E-state index in [1.165, 1.54) is 6.07 Å². The fraction of sp³-hybridized carbons (Fsp3) is 0.278. The number of carbonyl (C=O) groups excluding carboxylic acids is 1. The zero-order valence-electron chi connectivity index (χ0n) is 14.5. The number of carbonyl (C=O) groups is 1. The molecule has 0 aliphatic heterocycles. The molecule has 0 saturated carbocycles. The van der Waals surface area contributed by atoms with E-state index < -0.39 is 15.6 Å². The monoisotopic (exact) mass is 361 g/mol. The normalized spacial score (nSPS) is 12.0. The predicted molar refractivity (Wildman–Crippen MR) is 98.5 cm³/mol. The van der Waals surface area contributed by atoms with Gasteiger partial charge in [-0.05, 0) is 50.6 Å². The van der Waals surface area contributed by atoms with Gasteiger partial charge < -0.3 is 11.1 Å². The summed E-state index contributed by atoms with van der Waals surface area (Å²) in [6.07, 6.45) is 0. The topological polar surface area (TPSA) is 101 Å². The standard InChI is InChI=1S/C18H23N3O3S/c1-18(2,3)21-25(23,24)16-10-5-4-7-14(16)12-20-17(22)13-8-6-9-15(19)11-13/h4-11,21H,12,19H2,1-3H3,(H,20,22). The van der Waals surface area contributed by atoms with Crippen molar-refractivity contribution >= 4 is 21.6 Å². The summed E-state index contributed by atoms with van der Waals surface area (Å²) in [5, 5.41) is 2.73. The number of amides is 1. The molecule has 0 unspecified atom stereocenters. The van der Waals surface area contributed by atoms with Crippen LogP contribution in [0.1, 0.15) is 36.7 Å². The smallest absolute Gasteiger partial charge is 0.251 e. The van der Waals surface area contributed by atoms with Gasteiger partial charge in [-0.15, -0.1) is 0 Å². The molecule has 0 radical (unpaired) electrons. The highest BCUT2D eigenvalue weighted by Gasteiger charge is 2.24. The maximum absolute atomic E-state index is 12.6. The second kappa shape index (κ2) is 7.25. The molecule has 0 aliphatic rings. The molecule has 4 N–H and O–H groups in total. The Bertz CT molecular complexity index is 871. The molecule has 2 aromatic carbocycles. The lowest BCUT2D eigenvalue weighted by Gasteiger charge is -2.21. The average Bonchev–Trinajstić information content (AvgIpc) is 2.50. The van der Waals surface area contributed by atoms with Crippen LogP contribution in [0.2, 0.25) is 0 Å². The number of anilines is 1. The molecule has 0 saturated heterocycles. The third-order valence-electron chi connectivity index (χ3n) is 3.29. The van der Waals surface area contributed by atoms with Gasteiger partial charge in [0.05, 0.1) is 4.90 Å². The lowest BCUT2D eigenvalue weighted by Crippen LogP contribution is -2.41. The maximum atomic E-state index is 12.6. The maximum Gasteiger partial charge on any atom is 0.251 e. The van der Waals surface area contributed by atoms with E-state index in [1.807, 2.05) is 0 Å². The molecule has 6 nitrogen and oxygen atoms in total. The largest absolute Gasteiger partial charge is 0.399 e. The lowest BCUT2D eigenvalue weighted by atomic mass is 10.1. The van der Waals surface area contributed by atoms with Crippen LogP contribution in [-0.4, -0.2) is 19.9 Å². The van der Waals surface area contributed by atoms with Crippen LogP contribution in [0.3, 0.4) is 0 Å². The molecule has 1 amide bonds. The Morgan fingerprint density at radius 3 is 2.40 bits per heavy atom. The first kappa shape index (κ1) is 19.0. The van der Waals surface area contributed by atoms with Gasteiger partial charge in [-0.25, -0.2) is 13.1 Å². The Labute approximate surface area is 148 Å². The number of sulfonamides is 1. The van der Waals surface area contributed by atoms with E-state index >= 15 is 0 Å². The summed E-state index contributed by atoms with van der Waals surface area (Å²) in [4.78, 5) is 12.4. The van der Waals surface area contributed by atoms with Crippen LogP contribution in [0.5, 0.6) is 0 Å². The summed E-state index contributed by atoms with van der Waals surface area (Å²) in [6, 6.07) is 13.2. The molecule has 0 spiro atoms. The SMILES string of the molecule is CC(C)(C)NS(=O)(=O)c1ccccc1CNC(=O)c1cccc(N)c1. The number of hydrogen-bond donors (Lipinski definition) is 3. The highest BCUT2D eigenvalue weighted by atomic mass is 32.2. The molecule has 0 bridgehead atoms. The van der Waals surface area contributed by atoms with E-state index in [4.69, 9.17) is 5.73 Å². The van der Waals surface area contributed by atoms with Crippen molar-refractivity contribution in [2.75, 3.05) is 5.73 Å². The van der Waals surface area contributed by atoms with Gasteiger partial charge in [0.25, 0.3) is 5.91 Å². The van der Waals surface area contributed by atoms with Gasteiger partial charge in [-0.3, -0.25) is 4.79 Å². The quantitative estimate of drug-likeness (QED) is 0.711. The molecule has 0 aliphatic carbocycles. The summed E-state index contributed by atoms with van der Waals surface area (Å²) in [5.74, 6) is -0.316. The number of benzene rings is 2. The van der Waals surface area contributed by atoms with E-state index in [9.17, 15) is 13.2 Å². The first-order chi connectivity index (χ1) is 11.6. The number of nitrogen functional groups attached to an aromatic ring is 1. The first-order valence-corrected chi connectivity index (χ1v) is 9.32. The van der Waals surface area contributed by atoms with Gasteiger partial charge >= 0.3 is 0 Å². The van der Waals surface area contributed by atoms with Crippen molar-refractivity contribution in [1.82, 2.24) is 10.0 Å². The second-order valence-corrected chi connectivity index (χ2v) is 8.42. The number of hydrogen-bond acceptors (Lipinski definition) is 4. The van der Waals surface area contributed by atoms with Gasteiger partial charge in [-0.2, -0.15) is 0 Å². The minimum Gasteiger partial charge on any atom is -0.399 e. The fourth-order valence-corrected chi connectivity index (χ4v) is 3.99. The molecule has 134 valence electrons. The number of nitrogens with one attached hydrogen (secondary N) is 2. The third kappa shape index (κ3) is 5.30. The lowest BCUT2D eigenvalue weighted by molar-refractivity contribution is 0.0950. The fourth-order valence-electron chi connectivity index (χ4n) is 2.33. The van der Waals surface area contributed by atoms with Crippen LogP contribution in [0.25, 0.3) is 0 Å². The van der Waals surface area contributed by atoms with Crippen LogP contribution >= 0.6 is 0 Å². The van der Waals surface area contributed by atoms with Crippen LogP contribution in [0.15, 0.2) is 53.4 Å². The van der Waals surface area contributed by atoms with Gasteiger partial charge in [0.15, 0.2) is 0 Å². The Hall–Kier alpha value is -2.38. The Balaban J connectivity index is 2.20. The number of rotatable bonds is 5.